The van der Waals surface area contributed by atoms with Gasteiger partial charge in [0.2, 0.25) is 0 Å². The number of benzene rings is 1. The molecule has 0 atom stereocenters. The number of thioether (sulfide) groups is 1. The Morgan fingerprint density at radius 2 is 2.00 bits per heavy atom. The van der Waals surface area contributed by atoms with Crippen molar-refractivity contribution in [3.8, 4) is 0 Å². The molecule has 0 amide bonds. The minimum atomic E-state index is 0.959. The van der Waals surface area contributed by atoms with Gasteiger partial charge < -0.3 is 9.88 Å². The quantitative estimate of drug-likeness (QED) is 0.871. The first-order valence-corrected chi connectivity index (χ1v) is 8.18. The van der Waals surface area contributed by atoms with Gasteiger partial charge in [-0.15, -0.1) is 0 Å². The van der Waals surface area contributed by atoms with Crippen LogP contribution < -0.4 is 4.90 Å². The molecule has 1 aromatic heterocycles. The number of aromatic nitrogens is 2. The smallest absolute Gasteiger partial charge is 0.166 e. The van der Waals surface area contributed by atoms with E-state index < -0.39 is 0 Å². The number of hydrogen-bond acceptors (Lipinski definition) is 3. The summed E-state index contributed by atoms with van der Waals surface area (Å²) in [4.78, 5) is 10.4. The molecule has 1 aromatic carbocycles. The van der Waals surface area contributed by atoms with Crippen LogP contribution in [0.5, 0.6) is 0 Å². The highest BCUT2D eigenvalue weighted by atomic mass is 32.2. The second kappa shape index (κ2) is 5.92. The minimum absolute atomic E-state index is 0.959. The lowest BCUT2D eigenvalue weighted by Gasteiger charge is -2.16. The molecule has 0 saturated heterocycles. The number of rotatable bonds is 4. The highest BCUT2D eigenvalue weighted by Gasteiger charge is 2.14. The van der Waals surface area contributed by atoms with Crippen molar-refractivity contribution in [1.29, 1.82) is 0 Å². The number of nitrogens with zero attached hydrogens (tertiary/aromatic N) is 2. The number of fused-ring (bicyclic) bond motifs is 1. The number of nitrogens with one attached hydrogen (secondary N) is 1. The fourth-order valence-corrected chi connectivity index (χ4v) is 3.62. The first-order chi connectivity index (χ1) is 9.74. The van der Waals surface area contributed by atoms with Gasteiger partial charge in [-0.2, -0.15) is 0 Å². The van der Waals surface area contributed by atoms with Crippen LogP contribution in [0.3, 0.4) is 0 Å². The highest BCUT2D eigenvalue weighted by molar-refractivity contribution is 7.98. The summed E-state index contributed by atoms with van der Waals surface area (Å²) in [6, 6.07) is 8.57. The van der Waals surface area contributed by atoms with Gasteiger partial charge in [0.15, 0.2) is 5.16 Å². The van der Waals surface area contributed by atoms with E-state index in [1.807, 2.05) is 0 Å². The lowest BCUT2D eigenvalue weighted by Crippen LogP contribution is -2.10. The summed E-state index contributed by atoms with van der Waals surface area (Å²) >= 11 is 1.81. The first kappa shape index (κ1) is 13.6. The van der Waals surface area contributed by atoms with Gasteiger partial charge in [0.25, 0.3) is 0 Å². The molecular formula is C16H21N3S. The van der Waals surface area contributed by atoms with Crippen molar-refractivity contribution in [2.75, 3.05) is 19.0 Å². The van der Waals surface area contributed by atoms with Crippen LogP contribution in [0.25, 0.3) is 0 Å². The zero-order valence-corrected chi connectivity index (χ0v) is 13.0. The first-order valence-electron chi connectivity index (χ1n) is 7.20. The fourth-order valence-electron chi connectivity index (χ4n) is 2.71. The molecule has 1 heterocycles. The zero-order valence-electron chi connectivity index (χ0n) is 12.1. The summed E-state index contributed by atoms with van der Waals surface area (Å²) in [6.45, 7) is 0. The predicted octanol–water partition coefficient (Wildman–Crippen LogP) is 3.65. The fraction of sp³-hybridized carbons (Fsp3) is 0.438. The molecule has 0 radical (unpaired) electrons. The summed E-state index contributed by atoms with van der Waals surface area (Å²) in [5.74, 6) is 0.959. The van der Waals surface area contributed by atoms with E-state index in [2.05, 4.69) is 48.2 Å². The van der Waals surface area contributed by atoms with Crippen molar-refractivity contribution < 1.29 is 0 Å². The Balaban J connectivity index is 1.72. The van der Waals surface area contributed by atoms with E-state index in [0.717, 1.165) is 23.8 Å². The number of aryl methyl sites for hydroxylation is 2. The molecule has 1 N–H and O–H groups in total. The van der Waals surface area contributed by atoms with Gasteiger partial charge >= 0.3 is 0 Å². The van der Waals surface area contributed by atoms with Crippen LogP contribution in [-0.4, -0.2) is 24.1 Å². The van der Waals surface area contributed by atoms with Gasteiger partial charge in [-0.3, -0.25) is 0 Å². The summed E-state index contributed by atoms with van der Waals surface area (Å²) in [7, 11) is 4.18. The van der Waals surface area contributed by atoms with Gasteiger partial charge in [0.05, 0.1) is 5.69 Å². The molecule has 3 nitrogen and oxygen atoms in total. The standard InChI is InChI=1S/C16H21N3S/c1-19(2)15-10-6-3-7-12(15)11-20-16-17-13-8-4-5-9-14(13)18-16/h3,6-7,10H,4-5,8-9,11H2,1-2H3,(H,17,18). The summed E-state index contributed by atoms with van der Waals surface area (Å²) in [6.07, 6.45) is 4.88. The molecule has 106 valence electrons. The molecule has 0 aliphatic heterocycles. The molecule has 2 aromatic rings. The molecule has 0 fully saturated rings. The molecule has 0 saturated carbocycles. The zero-order chi connectivity index (χ0) is 13.9. The molecule has 20 heavy (non-hydrogen) atoms. The Kier molecular flexibility index (Phi) is 4.01. The van der Waals surface area contributed by atoms with Crippen molar-refractivity contribution >= 4 is 17.4 Å². The lowest BCUT2D eigenvalue weighted by molar-refractivity contribution is 0.667. The lowest BCUT2D eigenvalue weighted by atomic mass is 10.0. The Bertz CT molecular complexity index is 566. The third-order valence-electron chi connectivity index (χ3n) is 3.77. The van der Waals surface area contributed by atoms with Crippen molar-refractivity contribution in [1.82, 2.24) is 9.97 Å². The Labute approximate surface area is 124 Å². The van der Waals surface area contributed by atoms with Crippen LogP contribution in [0.2, 0.25) is 0 Å². The molecular weight excluding hydrogens is 266 g/mol. The number of aromatic amines is 1. The van der Waals surface area contributed by atoms with Gasteiger partial charge in [0.1, 0.15) is 0 Å². The van der Waals surface area contributed by atoms with Gasteiger partial charge in [0, 0.05) is 31.2 Å². The summed E-state index contributed by atoms with van der Waals surface area (Å²) in [5, 5.41) is 1.07. The van der Waals surface area contributed by atoms with Gasteiger partial charge in [-0.25, -0.2) is 4.98 Å². The molecule has 3 rings (SSSR count). The number of anilines is 1. The van der Waals surface area contributed by atoms with Crippen molar-refractivity contribution in [2.24, 2.45) is 0 Å². The minimum Gasteiger partial charge on any atom is -0.377 e. The third-order valence-corrected chi connectivity index (χ3v) is 4.69. The maximum Gasteiger partial charge on any atom is 0.166 e. The van der Waals surface area contributed by atoms with Crippen molar-refractivity contribution in [3.05, 3.63) is 41.2 Å². The SMILES string of the molecule is CN(C)c1ccccc1CSc1nc2c([nH]1)CCCC2. The second-order valence-corrected chi connectivity index (χ2v) is 6.45. The van der Waals surface area contributed by atoms with Gasteiger partial charge in [-0.05, 0) is 37.3 Å². The van der Waals surface area contributed by atoms with Crippen LogP contribution in [-0.2, 0) is 18.6 Å². The summed E-state index contributed by atoms with van der Waals surface area (Å²) in [5.41, 5.74) is 5.30. The largest absolute Gasteiger partial charge is 0.377 e. The molecule has 0 spiro atoms. The maximum atomic E-state index is 4.73. The van der Waals surface area contributed by atoms with Crippen LogP contribution >= 0.6 is 11.8 Å². The Morgan fingerprint density at radius 3 is 2.80 bits per heavy atom. The Hall–Kier alpha value is -1.42. The van der Waals surface area contributed by atoms with E-state index in [0.29, 0.717) is 0 Å². The monoisotopic (exact) mass is 287 g/mol. The van der Waals surface area contributed by atoms with Crippen LogP contribution in [0.1, 0.15) is 29.8 Å². The van der Waals surface area contributed by atoms with E-state index in [1.54, 1.807) is 11.8 Å². The third kappa shape index (κ3) is 2.85. The molecule has 4 heteroatoms. The van der Waals surface area contributed by atoms with E-state index in [9.17, 15) is 0 Å². The molecule has 1 aliphatic carbocycles. The summed E-state index contributed by atoms with van der Waals surface area (Å²) < 4.78 is 0. The molecule has 0 bridgehead atoms. The normalized spacial score (nSPS) is 14.1. The van der Waals surface area contributed by atoms with Crippen molar-refractivity contribution in [3.63, 3.8) is 0 Å². The van der Waals surface area contributed by atoms with Gasteiger partial charge in [-0.1, -0.05) is 30.0 Å². The van der Waals surface area contributed by atoms with E-state index >= 15 is 0 Å². The van der Waals surface area contributed by atoms with E-state index in [1.165, 1.54) is 35.5 Å². The number of imidazole rings is 1. The second-order valence-electron chi connectivity index (χ2n) is 5.49. The topological polar surface area (TPSA) is 31.9 Å². The van der Waals surface area contributed by atoms with E-state index in [4.69, 9.17) is 4.98 Å². The molecule has 1 aliphatic rings. The Morgan fingerprint density at radius 1 is 1.20 bits per heavy atom. The van der Waals surface area contributed by atoms with Crippen LogP contribution in [0, 0.1) is 0 Å². The van der Waals surface area contributed by atoms with Crippen LogP contribution in [0.15, 0.2) is 29.4 Å². The number of H-pyrrole nitrogens is 1. The van der Waals surface area contributed by atoms with Crippen LogP contribution in [0.4, 0.5) is 5.69 Å². The number of hydrogen-bond donors (Lipinski definition) is 1. The van der Waals surface area contributed by atoms with Crippen molar-refractivity contribution in [2.45, 2.75) is 36.6 Å². The maximum absolute atomic E-state index is 4.73. The average molecular weight is 287 g/mol. The predicted molar refractivity (Wildman–Crippen MR) is 85.6 cm³/mol. The highest BCUT2D eigenvalue weighted by Crippen LogP contribution is 2.28. The number of para-hydroxylation sites is 1. The average Bonchev–Trinajstić information content (AvgIpc) is 2.88. The van der Waals surface area contributed by atoms with E-state index in [-0.39, 0.29) is 0 Å². The molecule has 0 unspecified atom stereocenters.